The zero-order chi connectivity index (χ0) is 8.72. The number of hydrogen-bond donors (Lipinski definition) is 3. The van der Waals surface area contributed by atoms with Crippen LogP contribution in [0.2, 0.25) is 0 Å². The summed E-state index contributed by atoms with van der Waals surface area (Å²) >= 11 is 4.76. The normalized spacial score (nSPS) is 10.7. The topological polar surface area (TPSA) is 92.5 Å². The van der Waals surface area contributed by atoms with Crippen LogP contribution in [-0.4, -0.2) is 19.6 Å². The smallest absolute Gasteiger partial charge is 0.298 e. The van der Waals surface area contributed by atoms with E-state index in [2.05, 4.69) is 15.0 Å². The van der Waals surface area contributed by atoms with E-state index >= 15 is 0 Å². The van der Waals surface area contributed by atoms with E-state index in [-0.39, 0.29) is 10.3 Å². The fourth-order valence-electron chi connectivity index (χ4n) is 0.926. The molecule has 62 valence electrons. The Morgan fingerprint density at radius 2 is 2.42 bits per heavy atom. The number of fused-ring (bicyclic) bond motifs is 1. The summed E-state index contributed by atoms with van der Waals surface area (Å²) in [6.07, 6.45) is 1.40. The molecule has 0 spiro atoms. The van der Waals surface area contributed by atoms with Gasteiger partial charge in [-0.25, -0.2) is 4.98 Å². The largest absolute Gasteiger partial charge is 0.339 e. The molecular weight excluding hydrogens is 178 g/mol. The number of nitrogens with two attached hydrogens (primary N) is 1. The molecular formula is C5H5N5OS. The summed E-state index contributed by atoms with van der Waals surface area (Å²) in [7, 11) is 0. The van der Waals surface area contributed by atoms with Crippen LogP contribution in [0.25, 0.3) is 11.2 Å². The minimum absolute atomic E-state index is 0.152. The van der Waals surface area contributed by atoms with Crippen molar-refractivity contribution in [3.63, 3.8) is 0 Å². The lowest BCUT2D eigenvalue weighted by Crippen LogP contribution is -2.28. The molecule has 0 unspecified atom stereocenters. The van der Waals surface area contributed by atoms with Gasteiger partial charge in [-0.05, 0) is 12.2 Å². The maximum atomic E-state index is 11.3. The van der Waals surface area contributed by atoms with E-state index in [9.17, 15) is 4.79 Å². The van der Waals surface area contributed by atoms with Crippen LogP contribution < -0.4 is 11.4 Å². The number of nitrogen functional groups attached to an aromatic ring is 1. The van der Waals surface area contributed by atoms with E-state index in [1.165, 1.54) is 6.33 Å². The Morgan fingerprint density at radius 1 is 1.67 bits per heavy atom. The standard InChI is InChI=1S/C5H5N5OS/c6-10-4(11)2-3(8-1-7-2)9-5(10)12/h1H,6H2,(H,7,8)(H,9,12). The fraction of sp³-hybridized carbons (Fsp3) is 0. The Labute approximate surface area is 71.0 Å². The lowest BCUT2D eigenvalue weighted by Gasteiger charge is -1.95. The summed E-state index contributed by atoms with van der Waals surface area (Å²) in [6.45, 7) is 0. The van der Waals surface area contributed by atoms with Crippen molar-refractivity contribution < 1.29 is 0 Å². The molecule has 0 amide bonds. The number of hydrogen-bond acceptors (Lipinski definition) is 4. The van der Waals surface area contributed by atoms with E-state index in [1.807, 2.05) is 0 Å². The molecule has 0 atom stereocenters. The molecule has 0 radical (unpaired) electrons. The van der Waals surface area contributed by atoms with Gasteiger partial charge < -0.3 is 15.8 Å². The molecule has 12 heavy (non-hydrogen) atoms. The van der Waals surface area contributed by atoms with Crippen molar-refractivity contribution in [1.82, 2.24) is 19.6 Å². The van der Waals surface area contributed by atoms with Gasteiger partial charge in [0.05, 0.1) is 6.33 Å². The number of aromatic amines is 2. The van der Waals surface area contributed by atoms with Crippen molar-refractivity contribution in [2.45, 2.75) is 0 Å². The third-order valence-electron chi connectivity index (χ3n) is 1.52. The number of aromatic nitrogens is 4. The van der Waals surface area contributed by atoms with Gasteiger partial charge >= 0.3 is 0 Å². The van der Waals surface area contributed by atoms with Gasteiger partial charge in [0, 0.05) is 0 Å². The Hall–Kier alpha value is -1.63. The zero-order valence-electron chi connectivity index (χ0n) is 5.87. The molecule has 0 aromatic carbocycles. The highest BCUT2D eigenvalue weighted by Crippen LogP contribution is 1.96. The maximum absolute atomic E-state index is 11.3. The second-order valence-corrected chi connectivity index (χ2v) is 2.62. The van der Waals surface area contributed by atoms with E-state index in [0.717, 1.165) is 4.68 Å². The predicted molar refractivity (Wildman–Crippen MR) is 45.7 cm³/mol. The van der Waals surface area contributed by atoms with Gasteiger partial charge in [0.1, 0.15) is 0 Å². The van der Waals surface area contributed by atoms with E-state index in [1.54, 1.807) is 0 Å². The van der Waals surface area contributed by atoms with Gasteiger partial charge in [0.25, 0.3) is 5.56 Å². The molecule has 2 aromatic heterocycles. The van der Waals surface area contributed by atoms with Crippen LogP contribution in [-0.2, 0) is 0 Å². The van der Waals surface area contributed by atoms with Crippen molar-refractivity contribution in [2.24, 2.45) is 0 Å². The molecule has 6 nitrogen and oxygen atoms in total. The zero-order valence-corrected chi connectivity index (χ0v) is 6.68. The van der Waals surface area contributed by atoms with Gasteiger partial charge in [-0.15, -0.1) is 0 Å². The van der Waals surface area contributed by atoms with Crippen LogP contribution in [0.1, 0.15) is 0 Å². The molecule has 0 aliphatic rings. The first kappa shape index (κ1) is 7.04. The Bertz CT molecular complexity index is 534. The summed E-state index contributed by atoms with van der Waals surface area (Å²) in [5.74, 6) is 5.33. The number of nitrogens with one attached hydrogen (secondary N) is 2. The molecule has 0 bridgehead atoms. The van der Waals surface area contributed by atoms with Crippen LogP contribution in [0.15, 0.2) is 11.1 Å². The first-order valence-corrected chi connectivity index (χ1v) is 3.54. The van der Waals surface area contributed by atoms with Crippen LogP contribution in [0.3, 0.4) is 0 Å². The van der Waals surface area contributed by atoms with E-state index in [0.29, 0.717) is 11.2 Å². The number of rotatable bonds is 0. The maximum Gasteiger partial charge on any atom is 0.298 e. The molecule has 0 aliphatic carbocycles. The SMILES string of the molecule is Nn1c(=S)[nH]c2nc[nH]c2c1=O. The Kier molecular flexibility index (Phi) is 1.28. The summed E-state index contributed by atoms with van der Waals surface area (Å²) in [4.78, 5) is 20.5. The Balaban J connectivity index is 3.16. The number of H-pyrrole nitrogens is 2. The second kappa shape index (κ2) is 2.18. The molecule has 0 saturated carbocycles. The number of nitrogens with zero attached hydrogens (tertiary/aromatic N) is 2. The Morgan fingerprint density at radius 3 is 3.17 bits per heavy atom. The minimum Gasteiger partial charge on any atom is -0.339 e. The predicted octanol–water partition coefficient (Wildman–Crippen LogP) is -0.504. The molecule has 0 aliphatic heterocycles. The van der Waals surface area contributed by atoms with Crippen molar-refractivity contribution in [1.29, 1.82) is 0 Å². The number of imidazole rings is 1. The lowest BCUT2D eigenvalue weighted by atomic mass is 10.5. The highest BCUT2D eigenvalue weighted by atomic mass is 32.1. The quantitative estimate of drug-likeness (QED) is 0.379. The van der Waals surface area contributed by atoms with Gasteiger partial charge in [-0.3, -0.25) is 4.79 Å². The van der Waals surface area contributed by atoms with Crippen LogP contribution in [0.4, 0.5) is 0 Å². The fourth-order valence-corrected chi connectivity index (χ4v) is 1.11. The summed E-state index contributed by atoms with van der Waals surface area (Å²) in [6, 6.07) is 0. The molecule has 7 heteroatoms. The van der Waals surface area contributed by atoms with Crippen molar-refractivity contribution in [2.75, 3.05) is 5.84 Å². The van der Waals surface area contributed by atoms with Gasteiger partial charge in [0.2, 0.25) is 4.77 Å². The average Bonchev–Trinajstić information content (AvgIpc) is 2.48. The summed E-state index contributed by atoms with van der Waals surface area (Å²) in [5.41, 5.74) is 0.365. The highest BCUT2D eigenvalue weighted by molar-refractivity contribution is 7.71. The van der Waals surface area contributed by atoms with Crippen molar-refractivity contribution in [3.05, 3.63) is 21.5 Å². The molecule has 2 aromatic rings. The first-order valence-electron chi connectivity index (χ1n) is 3.13. The molecule has 4 N–H and O–H groups in total. The molecule has 2 heterocycles. The van der Waals surface area contributed by atoms with Crippen molar-refractivity contribution in [3.8, 4) is 0 Å². The molecule has 0 saturated heterocycles. The molecule has 2 rings (SSSR count). The third-order valence-corrected chi connectivity index (χ3v) is 1.81. The average molecular weight is 183 g/mol. The van der Waals surface area contributed by atoms with Crippen LogP contribution >= 0.6 is 12.2 Å². The summed E-state index contributed by atoms with van der Waals surface area (Å²) in [5, 5.41) is 0. The van der Waals surface area contributed by atoms with Gasteiger partial charge in [-0.1, -0.05) is 0 Å². The van der Waals surface area contributed by atoms with Crippen molar-refractivity contribution >= 4 is 23.4 Å². The van der Waals surface area contributed by atoms with Gasteiger partial charge in [0.15, 0.2) is 11.2 Å². The van der Waals surface area contributed by atoms with E-state index in [4.69, 9.17) is 18.1 Å². The summed E-state index contributed by atoms with van der Waals surface area (Å²) < 4.78 is 1.01. The minimum atomic E-state index is -0.383. The third kappa shape index (κ3) is 0.766. The van der Waals surface area contributed by atoms with Crippen LogP contribution in [0, 0.1) is 4.77 Å². The second-order valence-electron chi connectivity index (χ2n) is 2.23. The highest BCUT2D eigenvalue weighted by Gasteiger charge is 2.03. The first-order chi connectivity index (χ1) is 5.70. The van der Waals surface area contributed by atoms with Crippen LogP contribution in [0.5, 0.6) is 0 Å². The molecule has 0 fully saturated rings. The van der Waals surface area contributed by atoms with E-state index < -0.39 is 0 Å². The monoisotopic (exact) mass is 183 g/mol. The lowest BCUT2D eigenvalue weighted by molar-refractivity contribution is 0.887. The van der Waals surface area contributed by atoms with Gasteiger partial charge in [-0.2, -0.15) is 4.68 Å².